The van der Waals surface area contributed by atoms with Crippen molar-refractivity contribution < 1.29 is 38.1 Å². The van der Waals surface area contributed by atoms with Crippen LogP contribution in [0.5, 0.6) is 11.8 Å². The van der Waals surface area contributed by atoms with Crippen molar-refractivity contribution in [3.8, 4) is 11.8 Å². The van der Waals surface area contributed by atoms with Gasteiger partial charge in [-0.25, -0.2) is 19.6 Å². The van der Waals surface area contributed by atoms with Crippen LogP contribution in [0, 0.1) is 23.7 Å². The monoisotopic (exact) mass is 818 g/mol. The third kappa shape index (κ3) is 9.17. The molecule has 2 fully saturated rings. The van der Waals surface area contributed by atoms with Crippen molar-refractivity contribution in [1.82, 2.24) is 20.6 Å². The van der Waals surface area contributed by atoms with Crippen molar-refractivity contribution >= 4 is 35.4 Å². The number of hydrogen-bond acceptors (Lipinski definition) is 10. The molecule has 14 heteroatoms. The van der Waals surface area contributed by atoms with Crippen molar-refractivity contribution in [3.05, 3.63) is 107 Å². The highest BCUT2D eigenvalue weighted by Gasteiger charge is 2.50. The van der Waals surface area contributed by atoms with Gasteiger partial charge in [-0.3, -0.25) is 9.59 Å². The minimum atomic E-state index is -0.501. The summed E-state index contributed by atoms with van der Waals surface area (Å²) in [6, 6.07) is 22.1. The van der Waals surface area contributed by atoms with Crippen LogP contribution < -0.4 is 29.9 Å². The smallest absolute Gasteiger partial charge is 0.407 e. The van der Waals surface area contributed by atoms with Crippen LogP contribution in [0.4, 0.5) is 21.0 Å². The standard InChI is InChI=1S/2C23H27N3O4/c1-14-21(25-23(28)30-13-16-7-5-4-6-8-16)18-12-24-20(29-3)11-19(18)26(15(2)27)22(14)17-9-10-17;1-14-20(25-23(28)30-13-16-7-5-4-6-8-16)19-18(11-12-24-22(19)29-3)26(15(2)27)21(14)17-9-10-17/h4-8,11-12,14,17,21-22H,9-10,13H2,1-3H3,(H,25,28);4-8,11-12,14,17,20-21H,9-10,13H2,1-3H3,(H,25,28)/t14-,21-,22-;14-,20-,21-/m11/s1. The maximum Gasteiger partial charge on any atom is 0.407 e. The third-order valence-corrected chi connectivity index (χ3v) is 12.0. The molecule has 4 amide bonds. The lowest BCUT2D eigenvalue weighted by Crippen LogP contribution is -2.53. The number of rotatable bonds is 10. The summed E-state index contributed by atoms with van der Waals surface area (Å²) < 4.78 is 21.7. The molecule has 4 heterocycles. The number of carbonyl (C=O) groups excluding carboxylic acids is 4. The Hall–Kier alpha value is -6.18. The first-order valence-electron chi connectivity index (χ1n) is 20.6. The van der Waals surface area contributed by atoms with E-state index in [1.165, 1.54) is 0 Å². The number of amides is 4. The summed E-state index contributed by atoms with van der Waals surface area (Å²) in [6.45, 7) is 7.70. The Bertz CT molecular complexity index is 2130. The van der Waals surface area contributed by atoms with E-state index in [0.29, 0.717) is 23.6 Å². The van der Waals surface area contributed by atoms with Gasteiger partial charge in [0.2, 0.25) is 23.6 Å². The van der Waals surface area contributed by atoms with Gasteiger partial charge in [0.1, 0.15) is 13.2 Å². The van der Waals surface area contributed by atoms with Crippen LogP contribution in [0.3, 0.4) is 0 Å². The Balaban J connectivity index is 0.000000181. The highest BCUT2D eigenvalue weighted by molar-refractivity contribution is 5.95. The molecular formula is C46H54N6O8. The predicted octanol–water partition coefficient (Wildman–Crippen LogP) is 7.68. The molecule has 4 aliphatic rings. The molecule has 2 aliphatic carbocycles. The van der Waals surface area contributed by atoms with Gasteiger partial charge in [-0.1, -0.05) is 74.5 Å². The van der Waals surface area contributed by atoms with E-state index < -0.39 is 12.2 Å². The minimum Gasteiger partial charge on any atom is -0.481 e. The molecule has 0 bridgehead atoms. The lowest BCUT2D eigenvalue weighted by molar-refractivity contribution is -0.118. The van der Waals surface area contributed by atoms with Gasteiger partial charge in [-0.05, 0) is 54.7 Å². The summed E-state index contributed by atoms with van der Waals surface area (Å²) in [4.78, 5) is 62.8. The van der Waals surface area contributed by atoms with Crippen molar-refractivity contribution in [3.63, 3.8) is 0 Å². The summed E-state index contributed by atoms with van der Waals surface area (Å²) in [5.41, 5.74) is 4.86. The van der Waals surface area contributed by atoms with Crippen molar-refractivity contribution in [2.45, 2.75) is 90.8 Å². The zero-order valence-corrected chi connectivity index (χ0v) is 35.0. The molecule has 2 aromatic heterocycles. The topological polar surface area (TPSA) is 162 Å². The number of ether oxygens (including phenoxy) is 4. The molecule has 4 aromatic rings. The Morgan fingerprint density at radius 2 is 1.17 bits per heavy atom. The zero-order chi connectivity index (χ0) is 42.5. The summed E-state index contributed by atoms with van der Waals surface area (Å²) >= 11 is 0. The first-order chi connectivity index (χ1) is 29.0. The number of carbonyl (C=O) groups is 4. The number of pyridine rings is 2. The molecule has 2 aliphatic heterocycles. The van der Waals surface area contributed by atoms with Gasteiger partial charge in [0.05, 0.1) is 43.2 Å². The fraction of sp³-hybridized carbons (Fsp3) is 0.435. The van der Waals surface area contributed by atoms with Crippen LogP contribution in [0.2, 0.25) is 0 Å². The largest absolute Gasteiger partial charge is 0.481 e. The van der Waals surface area contributed by atoms with Crippen LogP contribution in [-0.2, 0) is 32.3 Å². The van der Waals surface area contributed by atoms with E-state index in [9.17, 15) is 19.2 Å². The Kier molecular flexibility index (Phi) is 12.9. The number of methoxy groups -OCH3 is 2. The number of nitrogens with one attached hydrogen (secondary N) is 2. The summed E-state index contributed by atoms with van der Waals surface area (Å²) in [5.74, 6) is 1.69. The van der Waals surface area contributed by atoms with Crippen LogP contribution in [0.15, 0.2) is 85.2 Å². The normalized spacial score (nSPS) is 22.8. The SMILES string of the molecule is COc1cc2c(cn1)[C@H](NC(=O)OCc1ccccc1)[C@@H](C)[C@H](C1CC1)N2C(C)=O.COc1nccc2c1[C@H](NC(=O)OCc1ccccc1)[C@@H](C)[C@H](C1CC1)N2C(C)=O. The second kappa shape index (κ2) is 18.4. The van der Waals surface area contributed by atoms with Crippen LogP contribution in [0.25, 0.3) is 0 Å². The first kappa shape index (κ1) is 42.0. The number of fused-ring (bicyclic) bond motifs is 2. The molecule has 0 unspecified atom stereocenters. The van der Waals surface area contributed by atoms with Gasteiger partial charge in [-0.2, -0.15) is 0 Å². The van der Waals surface area contributed by atoms with Gasteiger partial charge in [0.25, 0.3) is 0 Å². The maximum atomic E-state index is 12.7. The predicted molar refractivity (Wildman–Crippen MR) is 224 cm³/mol. The molecule has 2 saturated carbocycles. The molecule has 316 valence electrons. The van der Waals surface area contributed by atoms with Gasteiger partial charge >= 0.3 is 12.2 Å². The second-order valence-electron chi connectivity index (χ2n) is 16.1. The molecule has 6 atom stereocenters. The Morgan fingerprint density at radius 3 is 1.65 bits per heavy atom. The van der Waals surface area contributed by atoms with E-state index >= 15 is 0 Å². The highest BCUT2D eigenvalue weighted by Crippen LogP contribution is 2.52. The average Bonchev–Trinajstić information content (AvgIpc) is 4.20. The van der Waals surface area contributed by atoms with E-state index in [1.54, 1.807) is 46.5 Å². The van der Waals surface area contributed by atoms with Gasteiger partial charge in [-0.15, -0.1) is 0 Å². The van der Waals surface area contributed by atoms with E-state index in [0.717, 1.165) is 59.3 Å². The number of benzene rings is 2. The van der Waals surface area contributed by atoms with Crippen molar-refractivity contribution in [1.29, 1.82) is 0 Å². The fourth-order valence-corrected chi connectivity index (χ4v) is 8.95. The molecular weight excluding hydrogens is 765 g/mol. The summed E-state index contributed by atoms with van der Waals surface area (Å²) in [7, 11) is 3.09. The van der Waals surface area contributed by atoms with Crippen LogP contribution in [-0.4, -0.2) is 60.3 Å². The van der Waals surface area contributed by atoms with E-state index in [4.69, 9.17) is 18.9 Å². The van der Waals surface area contributed by atoms with Crippen LogP contribution in [0.1, 0.15) is 87.7 Å². The molecule has 2 N–H and O–H groups in total. The van der Waals surface area contributed by atoms with Gasteiger partial charge in [0.15, 0.2) is 0 Å². The Morgan fingerprint density at radius 1 is 0.667 bits per heavy atom. The number of aromatic nitrogens is 2. The molecule has 0 spiro atoms. The first-order valence-corrected chi connectivity index (χ1v) is 20.6. The van der Waals surface area contributed by atoms with Gasteiger partial charge < -0.3 is 39.4 Å². The molecule has 0 radical (unpaired) electrons. The second-order valence-corrected chi connectivity index (χ2v) is 16.1. The number of anilines is 2. The van der Waals surface area contributed by atoms with Crippen LogP contribution >= 0.6 is 0 Å². The van der Waals surface area contributed by atoms with E-state index in [2.05, 4.69) is 34.4 Å². The zero-order valence-electron chi connectivity index (χ0n) is 35.0. The number of hydrogen-bond donors (Lipinski definition) is 2. The highest BCUT2D eigenvalue weighted by atomic mass is 16.6. The fourth-order valence-electron chi connectivity index (χ4n) is 8.95. The molecule has 14 nitrogen and oxygen atoms in total. The minimum absolute atomic E-state index is 0.0153. The van der Waals surface area contributed by atoms with E-state index in [-0.39, 0.29) is 61.0 Å². The lowest BCUT2D eigenvalue weighted by atomic mass is 9.80. The quantitative estimate of drug-likeness (QED) is 0.162. The molecule has 2 aromatic carbocycles. The number of alkyl carbamates (subject to hydrolysis) is 2. The average molecular weight is 819 g/mol. The maximum absolute atomic E-state index is 12.7. The lowest BCUT2D eigenvalue weighted by Gasteiger charge is -2.45. The molecule has 8 rings (SSSR count). The summed E-state index contributed by atoms with van der Waals surface area (Å²) in [5, 5.41) is 6.05. The summed E-state index contributed by atoms with van der Waals surface area (Å²) in [6.07, 6.45) is 6.68. The van der Waals surface area contributed by atoms with Crippen molar-refractivity contribution in [2.24, 2.45) is 23.7 Å². The number of nitrogens with zero attached hydrogens (tertiary/aromatic N) is 4. The molecule has 0 saturated heterocycles. The van der Waals surface area contributed by atoms with Gasteiger partial charge in [0, 0.05) is 61.8 Å². The van der Waals surface area contributed by atoms with Crippen molar-refractivity contribution in [2.75, 3.05) is 24.0 Å². The van der Waals surface area contributed by atoms with E-state index in [1.807, 2.05) is 76.5 Å². The third-order valence-electron chi connectivity index (χ3n) is 12.0. The molecule has 60 heavy (non-hydrogen) atoms. The Labute approximate surface area is 351 Å².